The summed E-state index contributed by atoms with van der Waals surface area (Å²) in [6, 6.07) is 6.57. The molecule has 0 radical (unpaired) electrons. The van der Waals surface area contributed by atoms with E-state index in [1.807, 2.05) is 0 Å². The van der Waals surface area contributed by atoms with Crippen molar-refractivity contribution in [2.75, 3.05) is 32.8 Å². The minimum atomic E-state index is -3.53. The van der Waals surface area contributed by atoms with Crippen LogP contribution in [-0.4, -0.2) is 56.6 Å². The van der Waals surface area contributed by atoms with E-state index in [0.29, 0.717) is 38.3 Å². The van der Waals surface area contributed by atoms with Gasteiger partial charge in [-0.15, -0.1) is 0 Å². The maximum Gasteiger partial charge on any atom is 0.335 e. The van der Waals surface area contributed by atoms with Crippen molar-refractivity contribution in [1.29, 1.82) is 0 Å². The van der Waals surface area contributed by atoms with Gasteiger partial charge < -0.3 is 9.84 Å². The van der Waals surface area contributed by atoms with Gasteiger partial charge in [-0.05, 0) is 18.1 Å². The highest BCUT2D eigenvalue weighted by Crippen LogP contribution is 2.09. The molecule has 0 aliphatic carbocycles. The van der Waals surface area contributed by atoms with E-state index in [-0.39, 0.29) is 12.1 Å². The molecule has 1 fully saturated rings. The highest BCUT2D eigenvalue weighted by molar-refractivity contribution is 7.87. The molecule has 21 heavy (non-hydrogen) atoms. The van der Waals surface area contributed by atoms with Crippen molar-refractivity contribution in [3.05, 3.63) is 35.4 Å². The largest absolute Gasteiger partial charge is 0.478 e. The topological polar surface area (TPSA) is 95.9 Å². The average Bonchev–Trinajstić information content (AvgIpc) is 2.48. The maximum absolute atomic E-state index is 12.0. The quantitative estimate of drug-likeness (QED) is 0.776. The van der Waals surface area contributed by atoms with Crippen molar-refractivity contribution in [3.63, 3.8) is 0 Å². The fourth-order valence-corrected chi connectivity index (χ4v) is 3.31. The molecule has 0 unspecified atom stereocenters. The van der Waals surface area contributed by atoms with Crippen LogP contribution in [0.1, 0.15) is 15.9 Å². The normalized spacial score (nSPS) is 16.8. The summed E-state index contributed by atoms with van der Waals surface area (Å²) >= 11 is 0. The molecular formula is C13H18N2O5S. The Morgan fingerprint density at radius 3 is 2.62 bits per heavy atom. The molecule has 0 amide bonds. The van der Waals surface area contributed by atoms with Crippen molar-refractivity contribution in [2.24, 2.45) is 0 Å². The molecule has 0 atom stereocenters. The van der Waals surface area contributed by atoms with E-state index in [9.17, 15) is 13.2 Å². The Bertz CT molecular complexity index is 596. The van der Waals surface area contributed by atoms with Crippen LogP contribution in [0.5, 0.6) is 0 Å². The van der Waals surface area contributed by atoms with Crippen LogP contribution in [0.2, 0.25) is 0 Å². The number of carbonyl (C=O) groups is 1. The molecule has 1 aliphatic heterocycles. The second-order valence-corrected chi connectivity index (χ2v) is 6.38. The molecule has 1 aromatic carbocycles. The Morgan fingerprint density at radius 2 is 1.95 bits per heavy atom. The number of hydrogen-bond acceptors (Lipinski definition) is 4. The van der Waals surface area contributed by atoms with Crippen LogP contribution in [0.4, 0.5) is 0 Å². The van der Waals surface area contributed by atoms with E-state index in [4.69, 9.17) is 9.84 Å². The second kappa shape index (κ2) is 6.99. The predicted octanol–water partition coefficient (Wildman–Crippen LogP) is 0.0939. The van der Waals surface area contributed by atoms with Gasteiger partial charge in [-0.2, -0.15) is 12.7 Å². The number of ether oxygens (including phenoxy) is 1. The van der Waals surface area contributed by atoms with Gasteiger partial charge in [-0.3, -0.25) is 0 Å². The number of nitrogens with one attached hydrogen (secondary N) is 1. The molecule has 8 heteroatoms. The second-order valence-electron chi connectivity index (χ2n) is 4.62. The Morgan fingerprint density at radius 1 is 1.29 bits per heavy atom. The molecule has 1 aromatic rings. The lowest BCUT2D eigenvalue weighted by Gasteiger charge is -2.26. The minimum absolute atomic E-state index is 0.157. The molecule has 1 saturated heterocycles. The molecule has 1 aliphatic rings. The Hall–Kier alpha value is -1.48. The van der Waals surface area contributed by atoms with E-state index < -0.39 is 16.2 Å². The number of morpholine rings is 1. The predicted molar refractivity (Wildman–Crippen MR) is 76.4 cm³/mol. The van der Waals surface area contributed by atoms with Crippen LogP contribution in [0, 0.1) is 0 Å². The standard InChI is InChI=1S/C13H18N2O5S/c16-13(17)12-4-2-1-3-11(12)5-6-14-21(18,19)15-7-9-20-10-8-15/h1-4,14H,5-10H2,(H,16,17). The number of carboxylic acid groups (broad SMARTS) is 1. The van der Waals surface area contributed by atoms with Gasteiger partial charge in [0.15, 0.2) is 0 Å². The lowest BCUT2D eigenvalue weighted by molar-refractivity contribution is 0.0695. The first-order chi connectivity index (χ1) is 10.0. The lowest BCUT2D eigenvalue weighted by Crippen LogP contribution is -2.47. The SMILES string of the molecule is O=C(O)c1ccccc1CCNS(=O)(=O)N1CCOCC1. The van der Waals surface area contributed by atoms with Crippen LogP contribution in [0.3, 0.4) is 0 Å². The molecule has 1 heterocycles. The molecule has 0 bridgehead atoms. The summed E-state index contributed by atoms with van der Waals surface area (Å²) in [6.07, 6.45) is 0.325. The van der Waals surface area contributed by atoms with Crippen molar-refractivity contribution < 1.29 is 23.1 Å². The van der Waals surface area contributed by atoms with Gasteiger partial charge in [0.05, 0.1) is 18.8 Å². The average molecular weight is 314 g/mol. The highest BCUT2D eigenvalue weighted by Gasteiger charge is 2.23. The molecule has 7 nitrogen and oxygen atoms in total. The van der Waals surface area contributed by atoms with Crippen LogP contribution in [0.15, 0.2) is 24.3 Å². The number of rotatable bonds is 6. The fraction of sp³-hybridized carbons (Fsp3) is 0.462. The van der Waals surface area contributed by atoms with Crippen LogP contribution >= 0.6 is 0 Å². The zero-order valence-electron chi connectivity index (χ0n) is 11.5. The van der Waals surface area contributed by atoms with E-state index >= 15 is 0 Å². The first-order valence-corrected chi connectivity index (χ1v) is 8.08. The third kappa shape index (κ3) is 4.24. The van der Waals surface area contributed by atoms with Gasteiger partial charge in [0, 0.05) is 19.6 Å². The first-order valence-electron chi connectivity index (χ1n) is 6.64. The van der Waals surface area contributed by atoms with Crippen LogP contribution < -0.4 is 4.72 Å². The van der Waals surface area contributed by atoms with E-state index in [1.54, 1.807) is 18.2 Å². The molecule has 2 N–H and O–H groups in total. The monoisotopic (exact) mass is 314 g/mol. The van der Waals surface area contributed by atoms with Crippen molar-refractivity contribution in [3.8, 4) is 0 Å². The van der Waals surface area contributed by atoms with Crippen molar-refractivity contribution in [2.45, 2.75) is 6.42 Å². The Balaban J connectivity index is 1.93. The molecule has 0 saturated carbocycles. The number of benzene rings is 1. The van der Waals surface area contributed by atoms with E-state index in [2.05, 4.69) is 4.72 Å². The lowest BCUT2D eigenvalue weighted by atomic mass is 10.1. The smallest absolute Gasteiger partial charge is 0.335 e. The number of carboxylic acids is 1. The summed E-state index contributed by atoms with van der Waals surface area (Å²) in [5, 5.41) is 9.07. The summed E-state index contributed by atoms with van der Waals surface area (Å²) in [4.78, 5) is 11.1. The van der Waals surface area contributed by atoms with Gasteiger partial charge >= 0.3 is 5.97 Å². The van der Waals surface area contributed by atoms with Gasteiger partial charge in [0.2, 0.25) is 0 Å². The van der Waals surface area contributed by atoms with Gasteiger partial charge in [0.1, 0.15) is 0 Å². The van der Waals surface area contributed by atoms with E-state index in [1.165, 1.54) is 10.4 Å². The zero-order valence-corrected chi connectivity index (χ0v) is 12.3. The molecular weight excluding hydrogens is 296 g/mol. The molecule has 116 valence electrons. The number of nitrogens with zero attached hydrogens (tertiary/aromatic N) is 1. The van der Waals surface area contributed by atoms with Gasteiger partial charge in [-0.1, -0.05) is 18.2 Å². The van der Waals surface area contributed by atoms with Gasteiger partial charge in [-0.25, -0.2) is 9.52 Å². The third-order valence-electron chi connectivity index (χ3n) is 3.24. The summed E-state index contributed by atoms with van der Waals surface area (Å²) in [6.45, 7) is 1.61. The highest BCUT2D eigenvalue weighted by atomic mass is 32.2. The minimum Gasteiger partial charge on any atom is -0.478 e. The molecule has 2 rings (SSSR count). The summed E-state index contributed by atoms with van der Waals surface area (Å²) in [7, 11) is -3.53. The summed E-state index contributed by atoms with van der Waals surface area (Å²) in [5.41, 5.74) is 0.803. The first kappa shape index (κ1) is 15.9. The van der Waals surface area contributed by atoms with Crippen molar-refractivity contribution in [1.82, 2.24) is 9.03 Å². The van der Waals surface area contributed by atoms with Crippen LogP contribution in [-0.2, 0) is 21.4 Å². The maximum atomic E-state index is 12.0. The summed E-state index contributed by atoms with van der Waals surface area (Å²) < 4.78 is 33.0. The molecule has 0 spiro atoms. The third-order valence-corrected chi connectivity index (χ3v) is 4.85. The van der Waals surface area contributed by atoms with Crippen molar-refractivity contribution >= 4 is 16.2 Å². The zero-order chi connectivity index (χ0) is 15.3. The molecule has 0 aromatic heterocycles. The Kier molecular flexibility index (Phi) is 5.29. The summed E-state index contributed by atoms with van der Waals surface area (Å²) in [5.74, 6) is -1.01. The Labute approximate surface area is 123 Å². The van der Waals surface area contributed by atoms with E-state index in [0.717, 1.165) is 0 Å². The number of hydrogen-bond donors (Lipinski definition) is 2. The van der Waals surface area contributed by atoms with Gasteiger partial charge in [0.25, 0.3) is 10.2 Å². The number of aromatic carboxylic acids is 1. The van der Waals surface area contributed by atoms with Crippen LogP contribution in [0.25, 0.3) is 0 Å². The fourth-order valence-electron chi connectivity index (χ4n) is 2.14.